The Kier molecular flexibility index (Phi) is 8.33. The summed E-state index contributed by atoms with van der Waals surface area (Å²) in [6.45, 7) is 9.43. The third-order valence-corrected chi connectivity index (χ3v) is 5.26. The second kappa shape index (κ2) is 11.2. The molecule has 164 valence electrons. The third-order valence-electron chi connectivity index (χ3n) is 4.94. The highest BCUT2D eigenvalue weighted by molar-refractivity contribution is 6.33. The van der Waals surface area contributed by atoms with Crippen molar-refractivity contribution in [3.05, 3.63) is 41.0 Å². The maximum Gasteiger partial charge on any atom is 0.248 e. The van der Waals surface area contributed by atoms with Crippen LogP contribution >= 0.6 is 11.6 Å². The Hall–Kier alpha value is -2.32. The SMILES string of the molecule is CCNC(=NCc1nc(C(C)OCC)no1)NC1CCCN(c2ccccc2Cl)C1. The van der Waals surface area contributed by atoms with Crippen molar-refractivity contribution >= 4 is 23.2 Å². The first-order valence-corrected chi connectivity index (χ1v) is 11.0. The van der Waals surface area contributed by atoms with Crippen LogP contribution in [0.25, 0.3) is 0 Å². The monoisotopic (exact) mass is 434 g/mol. The van der Waals surface area contributed by atoms with E-state index in [0.717, 1.165) is 49.1 Å². The van der Waals surface area contributed by atoms with Crippen molar-refractivity contribution in [3.8, 4) is 0 Å². The van der Waals surface area contributed by atoms with Crippen LogP contribution < -0.4 is 15.5 Å². The average molecular weight is 435 g/mol. The number of benzene rings is 1. The van der Waals surface area contributed by atoms with E-state index in [4.69, 9.17) is 20.9 Å². The van der Waals surface area contributed by atoms with Crippen LogP contribution in [0.3, 0.4) is 0 Å². The fourth-order valence-corrected chi connectivity index (χ4v) is 3.76. The van der Waals surface area contributed by atoms with Gasteiger partial charge in [0.1, 0.15) is 12.6 Å². The number of piperidine rings is 1. The third kappa shape index (κ3) is 6.09. The summed E-state index contributed by atoms with van der Waals surface area (Å²) in [5.41, 5.74) is 1.08. The highest BCUT2D eigenvalue weighted by Gasteiger charge is 2.22. The molecule has 2 N–H and O–H groups in total. The van der Waals surface area contributed by atoms with Crippen molar-refractivity contribution in [2.45, 2.75) is 52.3 Å². The Morgan fingerprint density at radius 2 is 2.23 bits per heavy atom. The molecule has 0 amide bonds. The summed E-state index contributed by atoms with van der Waals surface area (Å²) in [6.07, 6.45) is 1.97. The Bertz CT molecular complexity index is 827. The minimum Gasteiger partial charge on any atom is -0.371 e. The molecule has 2 heterocycles. The molecule has 1 saturated heterocycles. The average Bonchev–Trinajstić information content (AvgIpc) is 3.22. The van der Waals surface area contributed by atoms with Crippen molar-refractivity contribution < 1.29 is 9.26 Å². The number of aromatic nitrogens is 2. The summed E-state index contributed by atoms with van der Waals surface area (Å²) in [6, 6.07) is 8.25. The first-order valence-electron chi connectivity index (χ1n) is 10.6. The number of ether oxygens (including phenoxy) is 1. The molecule has 1 aromatic carbocycles. The molecular weight excluding hydrogens is 404 g/mol. The van der Waals surface area contributed by atoms with Gasteiger partial charge in [0.25, 0.3) is 0 Å². The van der Waals surface area contributed by atoms with E-state index in [2.05, 4.69) is 36.7 Å². The Labute approximate surface area is 183 Å². The van der Waals surface area contributed by atoms with Gasteiger partial charge in [-0.25, -0.2) is 4.99 Å². The smallest absolute Gasteiger partial charge is 0.248 e. The van der Waals surface area contributed by atoms with Crippen LogP contribution in [0.2, 0.25) is 5.02 Å². The van der Waals surface area contributed by atoms with E-state index in [0.29, 0.717) is 24.9 Å². The zero-order valence-corrected chi connectivity index (χ0v) is 18.7. The first kappa shape index (κ1) is 22.4. The molecule has 1 aliphatic heterocycles. The fraction of sp³-hybridized carbons (Fsp3) is 0.571. The molecule has 1 aromatic heterocycles. The Morgan fingerprint density at radius 3 is 3.00 bits per heavy atom. The highest BCUT2D eigenvalue weighted by atomic mass is 35.5. The molecule has 2 unspecified atom stereocenters. The van der Waals surface area contributed by atoms with E-state index in [-0.39, 0.29) is 12.1 Å². The van der Waals surface area contributed by atoms with Crippen molar-refractivity contribution in [1.82, 2.24) is 20.8 Å². The molecule has 2 aromatic rings. The van der Waals surface area contributed by atoms with E-state index >= 15 is 0 Å². The van der Waals surface area contributed by atoms with Crippen molar-refractivity contribution in [3.63, 3.8) is 0 Å². The molecule has 3 rings (SSSR count). The summed E-state index contributed by atoms with van der Waals surface area (Å²) in [5, 5.41) is 11.6. The lowest BCUT2D eigenvalue weighted by Crippen LogP contribution is -2.51. The maximum absolute atomic E-state index is 6.39. The lowest BCUT2D eigenvalue weighted by Gasteiger charge is -2.35. The van der Waals surface area contributed by atoms with Gasteiger partial charge in [-0.1, -0.05) is 28.9 Å². The van der Waals surface area contributed by atoms with Crippen LogP contribution in [0.4, 0.5) is 5.69 Å². The van der Waals surface area contributed by atoms with Crippen LogP contribution in [0.15, 0.2) is 33.8 Å². The van der Waals surface area contributed by atoms with Crippen LogP contribution in [0.1, 0.15) is 51.4 Å². The Balaban J connectivity index is 1.61. The lowest BCUT2D eigenvalue weighted by atomic mass is 10.0. The quantitative estimate of drug-likeness (QED) is 0.485. The summed E-state index contributed by atoms with van der Waals surface area (Å²) >= 11 is 6.39. The number of rotatable bonds is 8. The normalized spacial score (nSPS) is 18.3. The number of halogens is 1. The highest BCUT2D eigenvalue weighted by Crippen LogP contribution is 2.27. The van der Waals surface area contributed by atoms with E-state index in [1.54, 1.807) is 0 Å². The number of guanidine groups is 1. The predicted octanol–water partition coefficient (Wildman–Crippen LogP) is 3.54. The maximum atomic E-state index is 6.39. The van der Waals surface area contributed by atoms with Gasteiger partial charge in [-0.15, -0.1) is 0 Å². The Morgan fingerprint density at radius 1 is 1.40 bits per heavy atom. The number of hydrogen-bond donors (Lipinski definition) is 2. The molecule has 8 nitrogen and oxygen atoms in total. The molecule has 0 radical (unpaired) electrons. The number of anilines is 1. The van der Waals surface area contributed by atoms with Crippen LogP contribution in [0, 0.1) is 0 Å². The van der Waals surface area contributed by atoms with Crippen LogP contribution in [0.5, 0.6) is 0 Å². The molecule has 0 bridgehead atoms. The van der Waals surface area contributed by atoms with Crippen LogP contribution in [-0.4, -0.2) is 48.4 Å². The predicted molar refractivity (Wildman–Crippen MR) is 119 cm³/mol. The topological polar surface area (TPSA) is 87.8 Å². The van der Waals surface area contributed by atoms with E-state index in [9.17, 15) is 0 Å². The van der Waals surface area contributed by atoms with Gasteiger partial charge in [0.05, 0.1) is 10.7 Å². The fourth-order valence-electron chi connectivity index (χ4n) is 3.50. The van der Waals surface area contributed by atoms with Gasteiger partial charge in [-0.3, -0.25) is 0 Å². The van der Waals surface area contributed by atoms with E-state index in [1.165, 1.54) is 0 Å². The number of nitrogens with one attached hydrogen (secondary N) is 2. The second-order valence-electron chi connectivity index (χ2n) is 7.22. The molecule has 0 aliphatic carbocycles. The first-order chi connectivity index (χ1) is 14.6. The molecule has 9 heteroatoms. The summed E-state index contributed by atoms with van der Waals surface area (Å²) < 4.78 is 10.8. The number of hydrogen-bond acceptors (Lipinski definition) is 6. The zero-order chi connectivity index (χ0) is 21.3. The minimum absolute atomic E-state index is 0.194. The van der Waals surface area contributed by atoms with Gasteiger partial charge in [-0.2, -0.15) is 4.98 Å². The molecule has 30 heavy (non-hydrogen) atoms. The van der Waals surface area contributed by atoms with Crippen molar-refractivity contribution in [2.75, 3.05) is 31.1 Å². The number of nitrogens with zero attached hydrogens (tertiary/aromatic N) is 4. The molecule has 1 aliphatic rings. The van der Waals surface area contributed by atoms with Crippen molar-refractivity contribution in [1.29, 1.82) is 0 Å². The standard InChI is InChI=1S/C21H31ClN6O2/c1-4-23-21(24-13-19-26-20(27-30-19)15(3)29-5-2)25-16-9-8-12-28(14-16)18-11-7-6-10-17(18)22/h6-7,10-11,15-16H,4-5,8-9,12-14H2,1-3H3,(H2,23,24,25). The molecule has 1 fully saturated rings. The number of para-hydroxylation sites is 1. The van der Waals surface area contributed by atoms with Gasteiger partial charge in [-0.05, 0) is 45.7 Å². The molecule has 2 atom stereocenters. The van der Waals surface area contributed by atoms with E-state index < -0.39 is 0 Å². The van der Waals surface area contributed by atoms with Gasteiger partial charge in [0, 0.05) is 32.3 Å². The van der Waals surface area contributed by atoms with Gasteiger partial charge < -0.3 is 24.8 Å². The van der Waals surface area contributed by atoms with E-state index in [1.807, 2.05) is 39.0 Å². The lowest BCUT2D eigenvalue weighted by molar-refractivity contribution is 0.0683. The summed E-state index contributed by atoms with van der Waals surface area (Å²) in [5.74, 6) is 1.75. The van der Waals surface area contributed by atoms with Crippen LogP contribution in [-0.2, 0) is 11.3 Å². The zero-order valence-electron chi connectivity index (χ0n) is 17.9. The molecule has 0 saturated carbocycles. The molecule has 0 spiro atoms. The van der Waals surface area contributed by atoms with Gasteiger partial charge in [0.2, 0.25) is 5.89 Å². The number of aliphatic imine (C=N–C) groups is 1. The van der Waals surface area contributed by atoms with Gasteiger partial charge in [0.15, 0.2) is 11.8 Å². The summed E-state index contributed by atoms with van der Waals surface area (Å²) in [7, 11) is 0. The molecular formula is C21H31ClN6O2. The van der Waals surface area contributed by atoms with Crippen molar-refractivity contribution in [2.24, 2.45) is 4.99 Å². The largest absolute Gasteiger partial charge is 0.371 e. The van der Waals surface area contributed by atoms with Gasteiger partial charge >= 0.3 is 0 Å². The second-order valence-corrected chi connectivity index (χ2v) is 7.63. The minimum atomic E-state index is -0.194. The summed E-state index contributed by atoms with van der Waals surface area (Å²) in [4.78, 5) is 11.3.